The Bertz CT molecular complexity index is 962. The number of halogens is 1. The number of hydrogen-bond acceptors (Lipinski definition) is 5. The van der Waals surface area contributed by atoms with E-state index in [0.29, 0.717) is 22.8 Å². The Labute approximate surface area is 159 Å². The van der Waals surface area contributed by atoms with Gasteiger partial charge in [-0.05, 0) is 48.0 Å². The van der Waals surface area contributed by atoms with Crippen molar-refractivity contribution in [3.63, 3.8) is 0 Å². The maximum atomic E-state index is 12.4. The molecule has 0 spiro atoms. The third-order valence-corrected chi connectivity index (χ3v) is 4.33. The molecule has 5 nitrogen and oxygen atoms in total. The normalized spacial score (nSPS) is 11.1. The smallest absolute Gasteiger partial charge is 0.221 e. The zero-order valence-corrected chi connectivity index (χ0v) is 16.1. The largest absolute Gasteiger partial charge is 0.493 e. The molecule has 134 valence electrons. The molecular formula is C20H17BrO5. The third kappa shape index (κ3) is 3.60. The number of benzene rings is 2. The molecule has 0 radical (unpaired) electrons. The molecule has 6 heteroatoms. The van der Waals surface area contributed by atoms with Crippen molar-refractivity contribution >= 4 is 38.8 Å². The SMILES string of the molecule is COc1cc(C=CC(=O)c2cc3cc(Br)ccc3o2)cc(OC)c1OC. The van der Waals surface area contributed by atoms with Crippen molar-refractivity contribution in [2.75, 3.05) is 21.3 Å². The lowest BCUT2D eigenvalue weighted by molar-refractivity contribution is 0.102. The Morgan fingerprint density at radius 2 is 1.69 bits per heavy atom. The van der Waals surface area contributed by atoms with Crippen molar-refractivity contribution in [2.24, 2.45) is 0 Å². The molecule has 0 atom stereocenters. The lowest BCUT2D eigenvalue weighted by Crippen LogP contribution is -1.96. The lowest BCUT2D eigenvalue weighted by Gasteiger charge is -2.12. The summed E-state index contributed by atoms with van der Waals surface area (Å²) in [5, 5.41) is 0.865. The number of ketones is 1. The molecule has 0 fully saturated rings. The molecule has 2 aromatic carbocycles. The van der Waals surface area contributed by atoms with Crippen LogP contribution in [0.5, 0.6) is 17.2 Å². The molecule has 3 rings (SSSR count). The van der Waals surface area contributed by atoms with Crippen molar-refractivity contribution in [2.45, 2.75) is 0 Å². The minimum atomic E-state index is -0.230. The van der Waals surface area contributed by atoms with Gasteiger partial charge in [0.15, 0.2) is 17.3 Å². The molecule has 26 heavy (non-hydrogen) atoms. The third-order valence-electron chi connectivity index (χ3n) is 3.84. The fourth-order valence-corrected chi connectivity index (χ4v) is 2.97. The summed E-state index contributed by atoms with van der Waals surface area (Å²) in [7, 11) is 4.63. The predicted molar refractivity (Wildman–Crippen MR) is 103 cm³/mol. The maximum Gasteiger partial charge on any atom is 0.221 e. The van der Waals surface area contributed by atoms with Crippen LogP contribution >= 0.6 is 15.9 Å². The first-order valence-corrected chi connectivity index (χ1v) is 8.56. The van der Waals surface area contributed by atoms with E-state index in [0.717, 1.165) is 15.4 Å². The van der Waals surface area contributed by atoms with Crippen LogP contribution in [0.15, 0.2) is 51.4 Å². The molecule has 0 aliphatic carbocycles. The highest BCUT2D eigenvalue weighted by atomic mass is 79.9. The van der Waals surface area contributed by atoms with Gasteiger partial charge in [-0.15, -0.1) is 0 Å². The van der Waals surface area contributed by atoms with E-state index in [1.807, 2.05) is 18.2 Å². The molecule has 0 aliphatic rings. The summed E-state index contributed by atoms with van der Waals surface area (Å²) in [6.45, 7) is 0. The van der Waals surface area contributed by atoms with Gasteiger partial charge in [0.25, 0.3) is 0 Å². The quantitative estimate of drug-likeness (QED) is 0.412. The van der Waals surface area contributed by atoms with Gasteiger partial charge in [-0.2, -0.15) is 0 Å². The Morgan fingerprint density at radius 3 is 2.31 bits per heavy atom. The van der Waals surface area contributed by atoms with E-state index in [9.17, 15) is 4.79 Å². The molecule has 0 unspecified atom stereocenters. The van der Waals surface area contributed by atoms with Gasteiger partial charge in [0, 0.05) is 9.86 Å². The van der Waals surface area contributed by atoms with E-state index in [2.05, 4.69) is 15.9 Å². The standard InChI is InChI=1S/C20H17BrO5/c1-23-18-8-12(9-19(24-2)20(18)25-3)4-6-15(22)17-11-13-10-14(21)5-7-16(13)26-17/h4-11H,1-3H3. The number of hydrogen-bond donors (Lipinski definition) is 0. The number of fused-ring (bicyclic) bond motifs is 1. The van der Waals surface area contributed by atoms with Crippen molar-refractivity contribution in [3.8, 4) is 17.2 Å². The van der Waals surface area contributed by atoms with Gasteiger partial charge in [0.1, 0.15) is 5.58 Å². The minimum absolute atomic E-state index is 0.230. The molecule has 0 amide bonds. The van der Waals surface area contributed by atoms with Gasteiger partial charge < -0.3 is 18.6 Å². The summed E-state index contributed by atoms with van der Waals surface area (Å²) in [4.78, 5) is 12.4. The summed E-state index contributed by atoms with van der Waals surface area (Å²) in [5.74, 6) is 1.59. The minimum Gasteiger partial charge on any atom is -0.493 e. The van der Waals surface area contributed by atoms with E-state index in [4.69, 9.17) is 18.6 Å². The second-order valence-corrected chi connectivity index (χ2v) is 6.36. The second-order valence-electron chi connectivity index (χ2n) is 5.45. The lowest BCUT2D eigenvalue weighted by atomic mass is 10.1. The number of ether oxygens (including phenoxy) is 3. The van der Waals surface area contributed by atoms with Crippen molar-refractivity contribution in [1.82, 2.24) is 0 Å². The Balaban J connectivity index is 1.89. The topological polar surface area (TPSA) is 57.9 Å². The zero-order chi connectivity index (χ0) is 18.7. The Hall–Kier alpha value is -2.73. The number of allylic oxidation sites excluding steroid dienone is 1. The first kappa shape index (κ1) is 18.1. The highest BCUT2D eigenvalue weighted by Gasteiger charge is 2.13. The van der Waals surface area contributed by atoms with Gasteiger partial charge in [-0.1, -0.05) is 22.0 Å². The Morgan fingerprint density at radius 1 is 1.00 bits per heavy atom. The summed E-state index contributed by atoms with van der Waals surface area (Å²) in [5.41, 5.74) is 1.41. The highest BCUT2D eigenvalue weighted by Crippen LogP contribution is 2.38. The molecule has 0 aliphatic heterocycles. The van der Waals surface area contributed by atoms with E-state index in [1.54, 1.807) is 45.6 Å². The fourth-order valence-electron chi connectivity index (χ4n) is 2.59. The first-order valence-electron chi connectivity index (χ1n) is 7.77. The average Bonchev–Trinajstić information content (AvgIpc) is 3.08. The summed E-state index contributed by atoms with van der Waals surface area (Å²) >= 11 is 3.40. The molecular weight excluding hydrogens is 400 g/mol. The zero-order valence-electron chi connectivity index (χ0n) is 14.5. The number of furan rings is 1. The van der Waals surface area contributed by atoms with Crippen LogP contribution in [0, 0.1) is 0 Å². The van der Waals surface area contributed by atoms with Crippen LogP contribution in [0.1, 0.15) is 16.1 Å². The number of carbonyl (C=O) groups is 1. The molecule has 0 bridgehead atoms. The van der Waals surface area contributed by atoms with Crippen LogP contribution in [-0.2, 0) is 0 Å². The van der Waals surface area contributed by atoms with Crippen LogP contribution in [0.25, 0.3) is 17.0 Å². The first-order chi connectivity index (χ1) is 12.5. The molecule has 0 N–H and O–H groups in total. The molecule has 1 heterocycles. The van der Waals surface area contributed by atoms with Gasteiger partial charge in [-0.25, -0.2) is 0 Å². The van der Waals surface area contributed by atoms with Gasteiger partial charge in [0.05, 0.1) is 21.3 Å². The van der Waals surface area contributed by atoms with E-state index >= 15 is 0 Å². The van der Waals surface area contributed by atoms with E-state index < -0.39 is 0 Å². The summed E-state index contributed by atoms with van der Waals surface area (Å²) in [6, 6.07) is 10.8. The second kappa shape index (κ2) is 7.66. The van der Waals surface area contributed by atoms with Crippen LogP contribution in [0.4, 0.5) is 0 Å². The average molecular weight is 417 g/mol. The van der Waals surface area contributed by atoms with Crippen LogP contribution in [-0.4, -0.2) is 27.1 Å². The van der Waals surface area contributed by atoms with Crippen molar-refractivity contribution in [3.05, 3.63) is 58.3 Å². The molecule has 1 aromatic heterocycles. The number of rotatable bonds is 6. The number of carbonyl (C=O) groups excluding carboxylic acids is 1. The molecule has 3 aromatic rings. The van der Waals surface area contributed by atoms with Crippen LogP contribution < -0.4 is 14.2 Å². The van der Waals surface area contributed by atoms with Crippen LogP contribution in [0.2, 0.25) is 0 Å². The highest BCUT2D eigenvalue weighted by molar-refractivity contribution is 9.10. The monoisotopic (exact) mass is 416 g/mol. The van der Waals surface area contributed by atoms with Crippen molar-refractivity contribution < 1.29 is 23.4 Å². The summed E-state index contributed by atoms with van der Waals surface area (Å²) < 4.78 is 22.5. The molecule has 0 saturated carbocycles. The maximum absolute atomic E-state index is 12.4. The van der Waals surface area contributed by atoms with E-state index in [1.165, 1.54) is 6.08 Å². The van der Waals surface area contributed by atoms with Gasteiger partial charge in [-0.3, -0.25) is 4.79 Å². The molecule has 0 saturated heterocycles. The Kier molecular flexibility index (Phi) is 5.32. The van der Waals surface area contributed by atoms with E-state index in [-0.39, 0.29) is 11.5 Å². The van der Waals surface area contributed by atoms with Gasteiger partial charge in [0.2, 0.25) is 11.5 Å². The van der Waals surface area contributed by atoms with Crippen LogP contribution in [0.3, 0.4) is 0 Å². The predicted octanol–water partition coefficient (Wildman–Crippen LogP) is 5.12. The van der Waals surface area contributed by atoms with Gasteiger partial charge >= 0.3 is 0 Å². The van der Waals surface area contributed by atoms with Crippen molar-refractivity contribution in [1.29, 1.82) is 0 Å². The fraction of sp³-hybridized carbons (Fsp3) is 0.150. The summed E-state index contributed by atoms with van der Waals surface area (Å²) in [6.07, 6.45) is 3.13. The number of methoxy groups -OCH3 is 3.